The van der Waals surface area contributed by atoms with E-state index in [1.165, 1.54) is 5.56 Å². The van der Waals surface area contributed by atoms with E-state index in [1.807, 2.05) is 12.3 Å². The van der Waals surface area contributed by atoms with Crippen LogP contribution in [-0.4, -0.2) is 36.6 Å². The fraction of sp³-hybridized carbons (Fsp3) is 0.625. The molecular formula is C16H26N4O. The SMILES string of the molecule is CNC(=O)C1CCCCN1c1ccc(CNC(C)C)cn1. The van der Waals surface area contributed by atoms with Crippen LogP contribution in [0.15, 0.2) is 18.3 Å². The monoisotopic (exact) mass is 290 g/mol. The first kappa shape index (κ1) is 15.8. The summed E-state index contributed by atoms with van der Waals surface area (Å²) in [4.78, 5) is 18.7. The summed E-state index contributed by atoms with van der Waals surface area (Å²) < 4.78 is 0. The molecule has 0 saturated carbocycles. The summed E-state index contributed by atoms with van der Waals surface area (Å²) in [6.45, 7) is 5.98. The van der Waals surface area contributed by atoms with Gasteiger partial charge in [0, 0.05) is 32.4 Å². The van der Waals surface area contributed by atoms with E-state index in [-0.39, 0.29) is 11.9 Å². The van der Waals surface area contributed by atoms with Crippen molar-refractivity contribution in [2.45, 2.75) is 51.7 Å². The minimum atomic E-state index is -0.0871. The number of carbonyl (C=O) groups is 1. The highest BCUT2D eigenvalue weighted by Gasteiger charge is 2.28. The van der Waals surface area contributed by atoms with Crippen molar-refractivity contribution in [3.05, 3.63) is 23.9 Å². The van der Waals surface area contributed by atoms with Gasteiger partial charge in [0.2, 0.25) is 5.91 Å². The second kappa shape index (κ2) is 7.41. The first-order chi connectivity index (χ1) is 10.1. The Morgan fingerprint density at radius 1 is 1.43 bits per heavy atom. The van der Waals surface area contributed by atoms with E-state index in [2.05, 4.69) is 40.4 Å². The third kappa shape index (κ3) is 4.17. The predicted molar refractivity (Wildman–Crippen MR) is 85.3 cm³/mol. The normalized spacial score (nSPS) is 18.9. The topological polar surface area (TPSA) is 57.3 Å². The van der Waals surface area contributed by atoms with Gasteiger partial charge in [0.1, 0.15) is 11.9 Å². The number of piperidine rings is 1. The minimum absolute atomic E-state index is 0.0852. The Labute approximate surface area is 127 Å². The Morgan fingerprint density at radius 2 is 2.24 bits per heavy atom. The number of nitrogens with one attached hydrogen (secondary N) is 2. The molecule has 0 spiro atoms. The Morgan fingerprint density at radius 3 is 2.86 bits per heavy atom. The Balaban J connectivity index is 2.07. The highest BCUT2D eigenvalue weighted by molar-refractivity contribution is 5.84. The largest absolute Gasteiger partial charge is 0.357 e. The van der Waals surface area contributed by atoms with Crippen LogP contribution in [0, 0.1) is 0 Å². The maximum Gasteiger partial charge on any atom is 0.242 e. The first-order valence-electron chi connectivity index (χ1n) is 7.78. The van der Waals surface area contributed by atoms with Gasteiger partial charge in [-0.05, 0) is 30.9 Å². The Kier molecular flexibility index (Phi) is 5.56. The fourth-order valence-corrected chi connectivity index (χ4v) is 2.66. The number of nitrogens with zero attached hydrogens (tertiary/aromatic N) is 2. The molecule has 1 saturated heterocycles. The number of rotatable bonds is 5. The van der Waals surface area contributed by atoms with Crippen LogP contribution in [0.1, 0.15) is 38.7 Å². The molecule has 1 amide bonds. The molecule has 5 nitrogen and oxygen atoms in total. The maximum atomic E-state index is 12.0. The molecule has 0 aromatic carbocycles. The van der Waals surface area contributed by atoms with E-state index < -0.39 is 0 Å². The molecule has 2 rings (SSSR count). The van der Waals surface area contributed by atoms with E-state index in [0.29, 0.717) is 6.04 Å². The van der Waals surface area contributed by atoms with Crippen LogP contribution in [0.3, 0.4) is 0 Å². The zero-order chi connectivity index (χ0) is 15.2. The van der Waals surface area contributed by atoms with E-state index in [0.717, 1.165) is 38.2 Å². The second-order valence-corrected chi connectivity index (χ2v) is 5.88. The van der Waals surface area contributed by atoms with Gasteiger partial charge in [-0.25, -0.2) is 4.98 Å². The van der Waals surface area contributed by atoms with Crippen LogP contribution >= 0.6 is 0 Å². The van der Waals surface area contributed by atoms with Crippen molar-refractivity contribution in [2.75, 3.05) is 18.5 Å². The maximum absolute atomic E-state index is 12.0. The number of aromatic nitrogens is 1. The number of anilines is 1. The van der Waals surface area contributed by atoms with Gasteiger partial charge in [-0.3, -0.25) is 4.79 Å². The van der Waals surface area contributed by atoms with Crippen LogP contribution in [0.4, 0.5) is 5.82 Å². The average Bonchev–Trinajstić information content (AvgIpc) is 2.52. The number of pyridine rings is 1. The van der Waals surface area contributed by atoms with Crippen molar-refractivity contribution >= 4 is 11.7 Å². The smallest absolute Gasteiger partial charge is 0.242 e. The van der Waals surface area contributed by atoms with Gasteiger partial charge in [0.15, 0.2) is 0 Å². The Bertz CT molecular complexity index is 458. The van der Waals surface area contributed by atoms with Crippen molar-refractivity contribution in [2.24, 2.45) is 0 Å². The molecule has 2 heterocycles. The van der Waals surface area contributed by atoms with Crippen LogP contribution in [0.5, 0.6) is 0 Å². The Hall–Kier alpha value is -1.62. The molecule has 1 fully saturated rings. The molecule has 21 heavy (non-hydrogen) atoms. The summed E-state index contributed by atoms with van der Waals surface area (Å²) in [5.74, 6) is 0.985. The lowest BCUT2D eigenvalue weighted by Gasteiger charge is -2.35. The van der Waals surface area contributed by atoms with E-state index in [1.54, 1.807) is 7.05 Å². The van der Waals surface area contributed by atoms with Gasteiger partial charge in [-0.2, -0.15) is 0 Å². The molecule has 1 aromatic heterocycles. The minimum Gasteiger partial charge on any atom is -0.357 e. The molecule has 2 N–H and O–H groups in total. The summed E-state index contributed by atoms with van der Waals surface area (Å²) in [5, 5.41) is 6.14. The van der Waals surface area contributed by atoms with Gasteiger partial charge in [0.25, 0.3) is 0 Å². The lowest BCUT2D eigenvalue weighted by molar-refractivity contribution is -0.122. The van der Waals surface area contributed by atoms with Crippen LogP contribution in [0.2, 0.25) is 0 Å². The van der Waals surface area contributed by atoms with Crippen molar-refractivity contribution in [3.8, 4) is 0 Å². The van der Waals surface area contributed by atoms with E-state index in [4.69, 9.17) is 0 Å². The summed E-state index contributed by atoms with van der Waals surface area (Å²) >= 11 is 0. The molecule has 1 aromatic rings. The fourth-order valence-electron chi connectivity index (χ4n) is 2.66. The lowest BCUT2D eigenvalue weighted by Crippen LogP contribution is -2.49. The van der Waals surface area contributed by atoms with E-state index >= 15 is 0 Å². The van der Waals surface area contributed by atoms with Crippen molar-refractivity contribution in [3.63, 3.8) is 0 Å². The highest BCUT2D eigenvalue weighted by atomic mass is 16.2. The van der Waals surface area contributed by atoms with Gasteiger partial charge < -0.3 is 15.5 Å². The number of likely N-dealkylation sites (N-methyl/N-ethyl adjacent to an activating group) is 1. The van der Waals surface area contributed by atoms with Gasteiger partial charge in [0.05, 0.1) is 0 Å². The van der Waals surface area contributed by atoms with Gasteiger partial charge in [-0.15, -0.1) is 0 Å². The third-order valence-electron chi connectivity index (χ3n) is 3.87. The van der Waals surface area contributed by atoms with E-state index in [9.17, 15) is 4.79 Å². The molecule has 5 heteroatoms. The number of hydrogen-bond donors (Lipinski definition) is 2. The molecule has 0 radical (unpaired) electrons. The van der Waals surface area contributed by atoms with Gasteiger partial charge in [-0.1, -0.05) is 19.9 Å². The number of hydrogen-bond acceptors (Lipinski definition) is 4. The molecule has 0 bridgehead atoms. The molecule has 1 atom stereocenters. The molecule has 116 valence electrons. The molecule has 1 unspecified atom stereocenters. The molecule has 0 aliphatic carbocycles. The summed E-state index contributed by atoms with van der Waals surface area (Å²) in [6.07, 6.45) is 5.02. The summed E-state index contributed by atoms with van der Waals surface area (Å²) in [5.41, 5.74) is 1.17. The number of carbonyl (C=O) groups excluding carboxylic acids is 1. The quantitative estimate of drug-likeness (QED) is 0.866. The standard InChI is InChI=1S/C16H26N4O/c1-12(2)18-10-13-7-8-15(19-11-13)20-9-5-4-6-14(20)16(21)17-3/h7-8,11-12,14,18H,4-6,9-10H2,1-3H3,(H,17,21). The van der Waals surface area contributed by atoms with Crippen molar-refractivity contribution in [1.82, 2.24) is 15.6 Å². The van der Waals surface area contributed by atoms with Crippen molar-refractivity contribution < 1.29 is 4.79 Å². The van der Waals surface area contributed by atoms with Crippen LogP contribution in [0.25, 0.3) is 0 Å². The highest BCUT2D eigenvalue weighted by Crippen LogP contribution is 2.23. The lowest BCUT2D eigenvalue weighted by atomic mass is 10.0. The molecule has 1 aliphatic rings. The zero-order valence-corrected chi connectivity index (χ0v) is 13.2. The van der Waals surface area contributed by atoms with Crippen LogP contribution < -0.4 is 15.5 Å². The molecule has 1 aliphatic heterocycles. The summed E-state index contributed by atoms with van der Waals surface area (Å²) in [7, 11) is 1.70. The average molecular weight is 290 g/mol. The number of amides is 1. The predicted octanol–water partition coefficient (Wildman–Crippen LogP) is 1.68. The van der Waals surface area contributed by atoms with Crippen molar-refractivity contribution in [1.29, 1.82) is 0 Å². The first-order valence-corrected chi connectivity index (χ1v) is 7.78. The van der Waals surface area contributed by atoms with Gasteiger partial charge >= 0.3 is 0 Å². The second-order valence-electron chi connectivity index (χ2n) is 5.88. The summed E-state index contributed by atoms with van der Waals surface area (Å²) in [6, 6.07) is 4.49. The zero-order valence-electron chi connectivity index (χ0n) is 13.2. The van der Waals surface area contributed by atoms with Crippen LogP contribution in [-0.2, 0) is 11.3 Å². The molecular weight excluding hydrogens is 264 g/mol. The third-order valence-corrected chi connectivity index (χ3v) is 3.87.